The maximum atomic E-state index is 6.02. The third-order valence-corrected chi connectivity index (χ3v) is 3.47. The van der Waals surface area contributed by atoms with E-state index < -0.39 is 0 Å². The monoisotopic (exact) mass is 280 g/mol. The molecule has 0 spiro atoms. The van der Waals surface area contributed by atoms with Crippen LogP contribution in [0.5, 0.6) is 0 Å². The summed E-state index contributed by atoms with van der Waals surface area (Å²) in [7, 11) is 1.98. The molecule has 0 bridgehead atoms. The van der Waals surface area contributed by atoms with Crippen LogP contribution in [0, 0.1) is 0 Å². The lowest BCUT2D eigenvalue weighted by Crippen LogP contribution is -2.17. The third-order valence-electron chi connectivity index (χ3n) is 2.74. The Morgan fingerprint density at radius 1 is 1.06 bits per heavy atom. The van der Waals surface area contributed by atoms with Crippen LogP contribution in [-0.2, 0) is 6.54 Å². The van der Waals surface area contributed by atoms with E-state index >= 15 is 0 Å². The van der Waals surface area contributed by atoms with Crippen LogP contribution >= 0.6 is 23.2 Å². The van der Waals surface area contributed by atoms with Gasteiger partial charge in [0.25, 0.3) is 0 Å². The fourth-order valence-electron chi connectivity index (χ4n) is 1.82. The summed E-state index contributed by atoms with van der Waals surface area (Å²) >= 11 is 11.9. The number of nitrogen functional groups attached to an aromatic ring is 1. The number of benzene rings is 2. The molecule has 2 nitrogen and oxygen atoms in total. The summed E-state index contributed by atoms with van der Waals surface area (Å²) in [6.07, 6.45) is 0. The lowest BCUT2D eigenvalue weighted by Gasteiger charge is -2.21. The van der Waals surface area contributed by atoms with E-state index in [1.54, 1.807) is 12.1 Å². The van der Waals surface area contributed by atoms with Crippen LogP contribution in [0.1, 0.15) is 5.56 Å². The van der Waals surface area contributed by atoms with Gasteiger partial charge in [-0.25, -0.2) is 0 Å². The molecule has 0 saturated heterocycles. The topological polar surface area (TPSA) is 29.3 Å². The molecule has 0 aliphatic carbocycles. The molecule has 0 radical (unpaired) electrons. The van der Waals surface area contributed by atoms with Crippen LogP contribution < -0.4 is 10.6 Å². The summed E-state index contributed by atoms with van der Waals surface area (Å²) in [5.41, 5.74) is 8.68. The Hall–Kier alpha value is -1.38. The number of halogens is 2. The summed E-state index contributed by atoms with van der Waals surface area (Å²) < 4.78 is 0. The number of nitrogens with two attached hydrogens (primary N) is 1. The molecule has 2 rings (SSSR count). The molecule has 94 valence electrons. The molecule has 0 amide bonds. The molecule has 2 aromatic carbocycles. The second kappa shape index (κ2) is 5.51. The first-order chi connectivity index (χ1) is 8.58. The van der Waals surface area contributed by atoms with Gasteiger partial charge in [-0.2, -0.15) is 0 Å². The quantitative estimate of drug-likeness (QED) is 0.854. The molecule has 0 atom stereocenters. The van der Waals surface area contributed by atoms with Crippen molar-refractivity contribution < 1.29 is 0 Å². The first-order valence-electron chi connectivity index (χ1n) is 5.57. The molecular weight excluding hydrogens is 267 g/mol. The van der Waals surface area contributed by atoms with Crippen molar-refractivity contribution in [1.29, 1.82) is 0 Å². The molecule has 0 unspecified atom stereocenters. The lowest BCUT2D eigenvalue weighted by atomic mass is 10.2. The van der Waals surface area contributed by atoms with Gasteiger partial charge in [-0.3, -0.25) is 0 Å². The zero-order valence-electron chi connectivity index (χ0n) is 10.0. The summed E-state index contributed by atoms with van der Waals surface area (Å²) in [5.74, 6) is 0. The van der Waals surface area contributed by atoms with Gasteiger partial charge in [-0.15, -0.1) is 0 Å². The van der Waals surface area contributed by atoms with Crippen LogP contribution in [0.4, 0.5) is 11.4 Å². The van der Waals surface area contributed by atoms with Crippen molar-refractivity contribution in [2.24, 2.45) is 0 Å². The average Bonchev–Trinajstić information content (AvgIpc) is 2.35. The zero-order chi connectivity index (χ0) is 13.1. The highest BCUT2D eigenvalue weighted by Gasteiger charge is 2.09. The van der Waals surface area contributed by atoms with Crippen molar-refractivity contribution in [2.75, 3.05) is 17.7 Å². The smallest absolute Gasteiger partial charge is 0.0616 e. The van der Waals surface area contributed by atoms with E-state index in [9.17, 15) is 0 Å². The molecule has 0 aromatic heterocycles. The van der Waals surface area contributed by atoms with Gasteiger partial charge >= 0.3 is 0 Å². The maximum absolute atomic E-state index is 6.02. The van der Waals surface area contributed by atoms with Gasteiger partial charge in [-0.1, -0.05) is 53.5 Å². The minimum absolute atomic E-state index is 0.478. The number of nitrogens with zero attached hydrogens (tertiary/aromatic N) is 1. The van der Waals surface area contributed by atoms with Gasteiger partial charge in [0.15, 0.2) is 0 Å². The first kappa shape index (κ1) is 13.1. The first-order valence-corrected chi connectivity index (χ1v) is 6.33. The molecule has 4 heteroatoms. The SMILES string of the molecule is CN(Cc1ccccc1)c1cc(Cl)c(Cl)cc1N. The normalized spacial score (nSPS) is 10.4. The lowest BCUT2D eigenvalue weighted by molar-refractivity contribution is 0.925. The van der Waals surface area contributed by atoms with E-state index in [1.807, 2.05) is 30.1 Å². The largest absolute Gasteiger partial charge is 0.397 e. The molecule has 0 aliphatic heterocycles. The number of rotatable bonds is 3. The second-order valence-corrected chi connectivity index (χ2v) is 4.98. The maximum Gasteiger partial charge on any atom is 0.0616 e. The predicted molar refractivity (Wildman–Crippen MR) is 79.4 cm³/mol. The molecule has 18 heavy (non-hydrogen) atoms. The Balaban J connectivity index is 2.24. The van der Waals surface area contributed by atoms with Crippen LogP contribution in [0.15, 0.2) is 42.5 Å². The van der Waals surface area contributed by atoms with Gasteiger partial charge in [-0.05, 0) is 17.7 Å². The van der Waals surface area contributed by atoms with Crippen molar-refractivity contribution in [3.05, 3.63) is 58.1 Å². The van der Waals surface area contributed by atoms with Crippen molar-refractivity contribution in [3.63, 3.8) is 0 Å². The van der Waals surface area contributed by atoms with E-state index in [0.29, 0.717) is 15.7 Å². The molecular formula is C14H14Cl2N2. The second-order valence-electron chi connectivity index (χ2n) is 4.17. The van der Waals surface area contributed by atoms with Crippen molar-refractivity contribution in [1.82, 2.24) is 0 Å². The Labute approximate surface area is 117 Å². The van der Waals surface area contributed by atoms with Crippen LogP contribution in [-0.4, -0.2) is 7.05 Å². The molecule has 2 N–H and O–H groups in total. The molecule has 0 saturated carbocycles. The van der Waals surface area contributed by atoms with E-state index in [0.717, 1.165) is 12.2 Å². The van der Waals surface area contributed by atoms with Crippen molar-refractivity contribution in [3.8, 4) is 0 Å². The van der Waals surface area contributed by atoms with Gasteiger partial charge in [0.05, 0.1) is 21.4 Å². The highest BCUT2D eigenvalue weighted by atomic mass is 35.5. The highest BCUT2D eigenvalue weighted by molar-refractivity contribution is 6.42. The average molecular weight is 281 g/mol. The summed E-state index contributed by atoms with van der Waals surface area (Å²) in [4.78, 5) is 2.05. The van der Waals surface area contributed by atoms with Gasteiger partial charge < -0.3 is 10.6 Å². The van der Waals surface area contributed by atoms with E-state index in [1.165, 1.54) is 5.56 Å². The van der Waals surface area contributed by atoms with Gasteiger partial charge in [0.1, 0.15) is 0 Å². The zero-order valence-corrected chi connectivity index (χ0v) is 11.5. The minimum Gasteiger partial charge on any atom is -0.397 e. The van der Waals surface area contributed by atoms with E-state index in [2.05, 4.69) is 12.1 Å². The Morgan fingerprint density at radius 2 is 1.67 bits per heavy atom. The summed E-state index contributed by atoms with van der Waals surface area (Å²) in [5, 5.41) is 0.992. The van der Waals surface area contributed by atoms with E-state index in [-0.39, 0.29) is 0 Å². The highest BCUT2D eigenvalue weighted by Crippen LogP contribution is 2.33. The molecule has 0 heterocycles. The summed E-state index contributed by atoms with van der Waals surface area (Å²) in [6, 6.07) is 13.6. The summed E-state index contributed by atoms with van der Waals surface area (Å²) in [6.45, 7) is 0.767. The number of hydrogen-bond acceptors (Lipinski definition) is 2. The fourth-order valence-corrected chi connectivity index (χ4v) is 2.15. The Morgan fingerprint density at radius 3 is 2.33 bits per heavy atom. The van der Waals surface area contributed by atoms with Crippen molar-refractivity contribution >= 4 is 34.6 Å². The van der Waals surface area contributed by atoms with Crippen LogP contribution in [0.25, 0.3) is 0 Å². The standard InChI is InChI=1S/C14H14Cl2N2/c1-18(9-10-5-3-2-4-6-10)14-8-12(16)11(15)7-13(14)17/h2-8H,9,17H2,1H3. The van der Waals surface area contributed by atoms with E-state index in [4.69, 9.17) is 28.9 Å². The molecule has 0 fully saturated rings. The van der Waals surface area contributed by atoms with Crippen molar-refractivity contribution in [2.45, 2.75) is 6.54 Å². The fraction of sp³-hybridized carbons (Fsp3) is 0.143. The van der Waals surface area contributed by atoms with Gasteiger partial charge in [0.2, 0.25) is 0 Å². The Bertz CT molecular complexity index is 541. The predicted octanol–water partition coefficient (Wildman–Crippen LogP) is 4.21. The third kappa shape index (κ3) is 2.89. The van der Waals surface area contributed by atoms with Gasteiger partial charge in [0, 0.05) is 13.6 Å². The number of anilines is 2. The number of hydrogen-bond donors (Lipinski definition) is 1. The van der Waals surface area contributed by atoms with Crippen LogP contribution in [0.2, 0.25) is 10.0 Å². The molecule has 0 aliphatic rings. The minimum atomic E-state index is 0.478. The Kier molecular flexibility index (Phi) is 4.00. The van der Waals surface area contributed by atoms with Crippen LogP contribution in [0.3, 0.4) is 0 Å². The molecule has 2 aromatic rings.